The lowest BCUT2D eigenvalue weighted by Crippen LogP contribution is -2.49. The first kappa shape index (κ1) is 15.8. The van der Waals surface area contributed by atoms with Gasteiger partial charge in [0.2, 0.25) is 0 Å². The SMILES string of the molecule is CO[Si](C)(OC)c1ccc(-c2cc(F)c(F)cc2F)cc1. The summed E-state index contributed by atoms with van der Waals surface area (Å²) in [5.41, 5.74) is 0.470. The van der Waals surface area contributed by atoms with Crippen molar-refractivity contribution in [2.24, 2.45) is 0 Å². The fraction of sp³-hybridized carbons (Fsp3) is 0.200. The van der Waals surface area contributed by atoms with E-state index in [9.17, 15) is 13.2 Å². The van der Waals surface area contributed by atoms with E-state index in [4.69, 9.17) is 8.85 Å². The van der Waals surface area contributed by atoms with Gasteiger partial charge in [-0.1, -0.05) is 24.3 Å². The second kappa shape index (κ2) is 6.01. The quantitative estimate of drug-likeness (QED) is 0.637. The molecule has 0 aliphatic rings. The summed E-state index contributed by atoms with van der Waals surface area (Å²) in [5, 5.41) is 0.860. The van der Waals surface area contributed by atoms with Crippen molar-refractivity contribution in [3.05, 3.63) is 53.8 Å². The molecule has 0 aliphatic carbocycles. The molecule has 2 rings (SSSR count). The van der Waals surface area contributed by atoms with Crippen molar-refractivity contribution in [1.29, 1.82) is 0 Å². The molecule has 2 aromatic rings. The predicted molar refractivity (Wildman–Crippen MR) is 77.0 cm³/mol. The average molecular weight is 312 g/mol. The first-order valence-corrected chi connectivity index (χ1v) is 8.58. The third kappa shape index (κ3) is 3.02. The van der Waals surface area contributed by atoms with Crippen molar-refractivity contribution >= 4 is 13.7 Å². The first-order chi connectivity index (χ1) is 9.91. The summed E-state index contributed by atoms with van der Waals surface area (Å²) in [7, 11) is 0.678. The van der Waals surface area contributed by atoms with Gasteiger partial charge in [0.15, 0.2) is 11.6 Å². The van der Waals surface area contributed by atoms with Crippen LogP contribution in [0.1, 0.15) is 0 Å². The third-order valence-corrected chi connectivity index (χ3v) is 6.45. The van der Waals surface area contributed by atoms with Crippen LogP contribution in [0.5, 0.6) is 0 Å². The summed E-state index contributed by atoms with van der Waals surface area (Å²) in [6, 6.07) is 8.15. The van der Waals surface area contributed by atoms with Crippen LogP contribution in [0.3, 0.4) is 0 Å². The molecule has 2 nitrogen and oxygen atoms in total. The van der Waals surface area contributed by atoms with Gasteiger partial charge in [0.25, 0.3) is 0 Å². The molecule has 0 heterocycles. The summed E-state index contributed by atoms with van der Waals surface area (Å²) in [6.07, 6.45) is 0. The van der Waals surface area contributed by atoms with Crippen LogP contribution in [0.2, 0.25) is 6.55 Å². The van der Waals surface area contributed by atoms with E-state index in [-0.39, 0.29) is 5.56 Å². The number of hydrogen-bond donors (Lipinski definition) is 0. The van der Waals surface area contributed by atoms with Crippen molar-refractivity contribution in [3.63, 3.8) is 0 Å². The Morgan fingerprint density at radius 1 is 0.810 bits per heavy atom. The minimum atomic E-state index is -2.46. The molecule has 0 radical (unpaired) electrons. The number of hydrogen-bond acceptors (Lipinski definition) is 2. The van der Waals surface area contributed by atoms with Crippen LogP contribution in [-0.4, -0.2) is 22.8 Å². The first-order valence-electron chi connectivity index (χ1n) is 6.27. The fourth-order valence-electron chi connectivity index (χ4n) is 2.02. The number of rotatable bonds is 4. The molecule has 21 heavy (non-hydrogen) atoms. The molecule has 0 N–H and O–H groups in total. The van der Waals surface area contributed by atoms with E-state index in [1.807, 2.05) is 6.55 Å². The Morgan fingerprint density at radius 2 is 1.33 bits per heavy atom. The maximum absolute atomic E-state index is 13.7. The minimum absolute atomic E-state index is 0.0126. The van der Waals surface area contributed by atoms with Gasteiger partial charge in [0, 0.05) is 25.8 Å². The lowest BCUT2D eigenvalue weighted by Gasteiger charge is -2.23. The molecule has 0 atom stereocenters. The van der Waals surface area contributed by atoms with Gasteiger partial charge in [0.1, 0.15) is 5.82 Å². The second-order valence-corrected chi connectivity index (χ2v) is 7.96. The lowest BCUT2D eigenvalue weighted by atomic mass is 10.1. The molecule has 0 unspecified atom stereocenters. The zero-order valence-corrected chi connectivity index (χ0v) is 12.9. The van der Waals surface area contributed by atoms with Crippen LogP contribution in [0.4, 0.5) is 13.2 Å². The summed E-state index contributed by atoms with van der Waals surface area (Å²) < 4.78 is 50.7. The van der Waals surface area contributed by atoms with E-state index < -0.39 is 26.0 Å². The monoisotopic (exact) mass is 312 g/mol. The van der Waals surface area contributed by atoms with Crippen LogP contribution in [-0.2, 0) is 8.85 Å². The van der Waals surface area contributed by atoms with Crippen molar-refractivity contribution in [2.45, 2.75) is 6.55 Å². The highest BCUT2D eigenvalue weighted by atomic mass is 28.4. The molecule has 0 saturated carbocycles. The van der Waals surface area contributed by atoms with Gasteiger partial charge in [-0.3, -0.25) is 0 Å². The summed E-state index contributed by atoms with van der Waals surface area (Å²) in [6.45, 7) is 1.88. The Hall–Kier alpha value is -1.63. The molecular weight excluding hydrogens is 297 g/mol. The molecule has 0 aromatic heterocycles. The molecular formula is C15H15F3O2Si. The lowest BCUT2D eigenvalue weighted by molar-refractivity contribution is 0.265. The normalized spacial score (nSPS) is 11.7. The topological polar surface area (TPSA) is 18.5 Å². The highest BCUT2D eigenvalue weighted by Gasteiger charge is 2.31. The number of benzene rings is 2. The van der Waals surface area contributed by atoms with E-state index >= 15 is 0 Å². The molecule has 112 valence electrons. The van der Waals surface area contributed by atoms with Crippen molar-refractivity contribution in [2.75, 3.05) is 14.2 Å². The molecule has 0 fully saturated rings. The van der Waals surface area contributed by atoms with E-state index in [0.29, 0.717) is 11.6 Å². The van der Waals surface area contributed by atoms with Gasteiger partial charge in [-0.25, -0.2) is 13.2 Å². The molecule has 0 amide bonds. The van der Waals surface area contributed by atoms with Gasteiger partial charge >= 0.3 is 8.56 Å². The van der Waals surface area contributed by atoms with E-state index in [1.54, 1.807) is 38.5 Å². The van der Waals surface area contributed by atoms with Gasteiger partial charge in [-0.2, -0.15) is 0 Å². The smallest absolute Gasteiger partial charge is 0.368 e. The zero-order valence-electron chi connectivity index (χ0n) is 11.9. The standard InChI is InChI=1S/C15H15F3O2Si/c1-19-21(3,20-2)11-6-4-10(5-7-11)12-8-14(17)15(18)9-13(12)16/h4-9H,1-3H3. The minimum Gasteiger partial charge on any atom is -0.394 e. The van der Waals surface area contributed by atoms with Crippen LogP contribution in [0.15, 0.2) is 36.4 Å². The second-order valence-electron chi connectivity index (χ2n) is 4.68. The molecule has 2 aromatic carbocycles. The Labute approximate surface area is 122 Å². The van der Waals surface area contributed by atoms with Gasteiger partial charge in [0.05, 0.1) is 0 Å². The van der Waals surface area contributed by atoms with E-state index in [0.717, 1.165) is 11.3 Å². The highest BCUT2D eigenvalue weighted by molar-refractivity contribution is 6.79. The zero-order chi connectivity index (χ0) is 15.6. The number of halogens is 3. The summed E-state index contributed by atoms with van der Waals surface area (Å²) >= 11 is 0. The van der Waals surface area contributed by atoms with Crippen LogP contribution in [0.25, 0.3) is 11.1 Å². The molecule has 0 aliphatic heterocycles. The van der Waals surface area contributed by atoms with E-state index in [2.05, 4.69) is 0 Å². The Morgan fingerprint density at radius 3 is 1.86 bits per heavy atom. The maximum Gasteiger partial charge on any atom is 0.368 e. The summed E-state index contributed by atoms with van der Waals surface area (Å²) in [4.78, 5) is 0. The van der Waals surface area contributed by atoms with Crippen LogP contribution >= 0.6 is 0 Å². The fourth-order valence-corrected chi connectivity index (χ4v) is 3.43. The van der Waals surface area contributed by atoms with Crippen molar-refractivity contribution in [3.8, 4) is 11.1 Å². The van der Waals surface area contributed by atoms with Gasteiger partial charge in [-0.15, -0.1) is 0 Å². The highest BCUT2D eigenvalue weighted by Crippen LogP contribution is 2.25. The van der Waals surface area contributed by atoms with Gasteiger partial charge in [-0.05, 0) is 23.4 Å². The maximum atomic E-state index is 13.7. The molecule has 0 saturated heterocycles. The Bertz CT molecular complexity index is 640. The van der Waals surface area contributed by atoms with E-state index in [1.165, 1.54) is 0 Å². The van der Waals surface area contributed by atoms with Crippen molar-refractivity contribution in [1.82, 2.24) is 0 Å². The molecule has 0 spiro atoms. The summed E-state index contributed by atoms with van der Waals surface area (Å²) in [5.74, 6) is -3.09. The largest absolute Gasteiger partial charge is 0.394 e. The Kier molecular flexibility index (Phi) is 4.51. The molecule has 0 bridgehead atoms. The predicted octanol–water partition coefficient (Wildman–Crippen LogP) is 3.34. The van der Waals surface area contributed by atoms with Crippen molar-refractivity contribution < 1.29 is 22.0 Å². The third-order valence-electron chi connectivity index (χ3n) is 3.51. The Balaban J connectivity index is 2.42. The molecule has 6 heteroatoms. The van der Waals surface area contributed by atoms with Gasteiger partial charge < -0.3 is 8.85 Å². The average Bonchev–Trinajstić information content (AvgIpc) is 2.50. The van der Waals surface area contributed by atoms with Crippen LogP contribution in [0, 0.1) is 17.5 Å². The van der Waals surface area contributed by atoms with Crippen LogP contribution < -0.4 is 5.19 Å².